The monoisotopic (exact) mass is 268 g/mol. The van der Waals surface area contributed by atoms with Gasteiger partial charge in [-0.05, 0) is 31.2 Å². The van der Waals surface area contributed by atoms with E-state index in [1.54, 1.807) is 17.8 Å². The Bertz CT molecular complexity index is 397. The van der Waals surface area contributed by atoms with E-state index in [9.17, 15) is 10.1 Å². The molecule has 0 fully saturated rings. The summed E-state index contributed by atoms with van der Waals surface area (Å²) < 4.78 is 0. The Balaban J connectivity index is 2.82. The Kier molecular flexibility index (Phi) is 6.57. The Morgan fingerprint density at radius 2 is 2.11 bits per heavy atom. The van der Waals surface area contributed by atoms with Crippen LogP contribution in [0, 0.1) is 10.1 Å². The highest BCUT2D eigenvalue weighted by Crippen LogP contribution is 2.35. The van der Waals surface area contributed by atoms with Gasteiger partial charge >= 0.3 is 5.69 Å². The lowest BCUT2D eigenvalue weighted by molar-refractivity contribution is -0.386. The highest BCUT2D eigenvalue weighted by atomic mass is 32.2. The van der Waals surface area contributed by atoms with Gasteiger partial charge in [0.25, 0.3) is 0 Å². The fourth-order valence-corrected chi connectivity index (χ4v) is 2.76. The molecule has 0 amide bonds. The molecule has 100 valence electrons. The highest BCUT2D eigenvalue weighted by molar-refractivity contribution is 7.99. The van der Waals surface area contributed by atoms with E-state index in [0.29, 0.717) is 12.2 Å². The zero-order chi connectivity index (χ0) is 13.4. The molecule has 0 saturated heterocycles. The molecular weight excluding hydrogens is 248 g/mol. The van der Waals surface area contributed by atoms with Gasteiger partial charge < -0.3 is 5.32 Å². The van der Waals surface area contributed by atoms with E-state index in [1.165, 1.54) is 12.8 Å². The number of unbranched alkanes of at least 4 members (excludes halogenated alkanes) is 2. The van der Waals surface area contributed by atoms with Gasteiger partial charge in [-0.2, -0.15) is 0 Å². The van der Waals surface area contributed by atoms with Gasteiger partial charge in [-0.3, -0.25) is 10.1 Å². The van der Waals surface area contributed by atoms with E-state index in [2.05, 4.69) is 12.2 Å². The lowest BCUT2D eigenvalue weighted by Gasteiger charge is -2.08. The number of para-hydroxylation sites is 1. The van der Waals surface area contributed by atoms with Crippen LogP contribution in [-0.4, -0.2) is 17.2 Å². The maximum atomic E-state index is 11.2. The van der Waals surface area contributed by atoms with Gasteiger partial charge in [0.15, 0.2) is 0 Å². The third kappa shape index (κ3) is 4.22. The number of hydrogen-bond acceptors (Lipinski definition) is 4. The van der Waals surface area contributed by atoms with Crippen LogP contribution in [0.5, 0.6) is 0 Å². The summed E-state index contributed by atoms with van der Waals surface area (Å²) >= 11 is 1.57. The standard InChI is InChI=1S/C13H20N2O2S/c1-3-5-6-10-18-12-9-7-8-11(14-4-2)13(12)15(16)17/h7-9,14H,3-6,10H2,1-2H3. The van der Waals surface area contributed by atoms with Crippen LogP contribution in [0.2, 0.25) is 0 Å². The third-order valence-corrected chi connectivity index (χ3v) is 3.69. The number of anilines is 1. The molecular formula is C13H20N2O2S. The number of nitro benzene ring substituents is 1. The molecule has 5 heteroatoms. The van der Waals surface area contributed by atoms with Gasteiger partial charge in [0.1, 0.15) is 5.69 Å². The minimum absolute atomic E-state index is 0.209. The predicted molar refractivity (Wildman–Crippen MR) is 77.5 cm³/mol. The molecule has 18 heavy (non-hydrogen) atoms. The van der Waals surface area contributed by atoms with Crippen LogP contribution in [0.3, 0.4) is 0 Å². The van der Waals surface area contributed by atoms with E-state index in [0.717, 1.165) is 17.1 Å². The Morgan fingerprint density at radius 1 is 1.33 bits per heavy atom. The fraction of sp³-hybridized carbons (Fsp3) is 0.538. The lowest BCUT2D eigenvalue weighted by atomic mass is 10.2. The molecule has 0 heterocycles. The van der Waals surface area contributed by atoms with Crippen molar-refractivity contribution in [1.82, 2.24) is 0 Å². The van der Waals surface area contributed by atoms with E-state index in [-0.39, 0.29) is 10.6 Å². The van der Waals surface area contributed by atoms with E-state index >= 15 is 0 Å². The maximum Gasteiger partial charge on any atom is 0.305 e. The summed E-state index contributed by atoms with van der Waals surface area (Å²) in [6.07, 6.45) is 3.44. The van der Waals surface area contributed by atoms with Crippen LogP contribution < -0.4 is 5.32 Å². The number of thioether (sulfide) groups is 1. The second kappa shape index (κ2) is 7.97. The van der Waals surface area contributed by atoms with Crippen molar-refractivity contribution in [2.24, 2.45) is 0 Å². The van der Waals surface area contributed by atoms with Gasteiger partial charge in [-0.15, -0.1) is 11.8 Å². The minimum atomic E-state index is -0.292. The molecule has 0 aliphatic rings. The number of nitrogens with zero attached hydrogens (tertiary/aromatic N) is 1. The summed E-state index contributed by atoms with van der Waals surface area (Å²) in [7, 11) is 0. The van der Waals surface area contributed by atoms with Crippen LogP contribution in [0.15, 0.2) is 23.1 Å². The van der Waals surface area contributed by atoms with Crippen molar-refractivity contribution >= 4 is 23.1 Å². The first kappa shape index (κ1) is 14.8. The quantitative estimate of drug-likeness (QED) is 0.330. The molecule has 1 aromatic carbocycles. The fourth-order valence-electron chi connectivity index (χ4n) is 1.69. The predicted octanol–water partition coefficient (Wildman–Crippen LogP) is 4.31. The molecule has 0 aromatic heterocycles. The van der Waals surface area contributed by atoms with Gasteiger partial charge in [-0.25, -0.2) is 0 Å². The summed E-state index contributed by atoms with van der Waals surface area (Å²) in [5.41, 5.74) is 0.823. The van der Waals surface area contributed by atoms with Gasteiger partial charge in [0, 0.05) is 6.54 Å². The average molecular weight is 268 g/mol. The normalized spacial score (nSPS) is 10.3. The second-order valence-electron chi connectivity index (χ2n) is 4.00. The Morgan fingerprint density at radius 3 is 2.72 bits per heavy atom. The van der Waals surface area contributed by atoms with E-state index in [1.807, 2.05) is 19.1 Å². The molecule has 0 aliphatic heterocycles. The van der Waals surface area contributed by atoms with Gasteiger partial charge in [-0.1, -0.05) is 25.8 Å². The van der Waals surface area contributed by atoms with E-state index < -0.39 is 0 Å². The zero-order valence-electron chi connectivity index (χ0n) is 10.9. The number of benzene rings is 1. The number of nitrogens with one attached hydrogen (secondary N) is 1. The van der Waals surface area contributed by atoms with Crippen LogP contribution in [0.4, 0.5) is 11.4 Å². The Hall–Kier alpha value is -1.23. The zero-order valence-corrected chi connectivity index (χ0v) is 11.8. The molecule has 0 bridgehead atoms. The summed E-state index contributed by atoms with van der Waals surface area (Å²) in [5.74, 6) is 0.935. The van der Waals surface area contributed by atoms with Crippen molar-refractivity contribution in [3.8, 4) is 0 Å². The molecule has 0 atom stereocenters. The minimum Gasteiger partial charge on any atom is -0.380 e. The van der Waals surface area contributed by atoms with E-state index in [4.69, 9.17) is 0 Å². The van der Waals surface area contributed by atoms with Gasteiger partial charge in [0.05, 0.1) is 9.82 Å². The molecule has 0 spiro atoms. The van der Waals surface area contributed by atoms with Crippen molar-refractivity contribution in [2.75, 3.05) is 17.6 Å². The summed E-state index contributed by atoms with van der Waals surface area (Å²) in [5, 5.41) is 14.2. The van der Waals surface area contributed by atoms with Gasteiger partial charge in [0.2, 0.25) is 0 Å². The Labute approximate surface area is 112 Å². The molecule has 1 rings (SSSR count). The van der Waals surface area contributed by atoms with Crippen LogP contribution >= 0.6 is 11.8 Å². The van der Waals surface area contributed by atoms with Crippen LogP contribution in [0.25, 0.3) is 0 Å². The third-order valence-electron chi connectivity index (χ3n) is 2.55. The summed E-state index contributed by atoms with van der Waals surface area (Å²) in [6, 6.07) is 5.46. The van der Waals surface area contributed by atoms with Crippen molar-refractivity contribution in [3.05, 3.63) is 28.3 Å². The maximum absolute atomic E-state index is 11.2. The van der Waals surface area contributed by atoms with Crippen LogP contribution in [-0.2, 0) is 0 Å². The molecule has 1 aromatic rings. The summed E-state index contributed by atoms with van der Waals surface area (Å²) in [4.78, 5) is 11.6. The number of rotatable bonds is 8. The first-order chi connectivity index (χ1) is 8.70. The highest BCUT2D eigenvalue weighted by Gasteiger charge is 2.19. The van der Waals surface area contributed by atoms with Crippen molar-refractivity contribution in [3.63, 3.8) is 0 Å². The van der Waals surface area contributed by atoms with Crippen molar-refractivity contribution in [2.45, 2.75) is 38.0 Å². The molecule has 0 unspecified atom stereocenters. The van der Waals surface area contributed by atoms with Crippen molar-refractivity contribution in [1.29, 1.82) is 0 Å². The smallest absolute Gasteiger partial charge is 0.305 e. The number of hydrogen-bond donors (Lipinski definition) is 1. The topological polar surface area (TPSA) is 55.2 Å². The summed E-state index contributed by atoms with van der Waals surface area (Å²) in [6.45, 7) is 4.77. The molecule has 0 saturated carbocycles. The van der Waals surface area contributed by atoms with Crippen molar-refractivity contribution < 1.29 is 4.92 Å². The molecule has 4 nitrogen and oxygen atoms in total. The molecule has 1 N–H and O–H groups in total. The first-order valence-electron chi connectivity index (χ1n) is 6.34. The average Bonchev–Trinajstić information content (AvgIpc) is 2.35. The lowest BCUT2D eigenvalue weighted by Crippen LogP contribution is -2.02. The SMILES string of the molecule is CCCCCSc1cccc(NCC)c1[N+](=O)[O-]. The first-order valence-corrected chi connectivity index (χ1v) is 7.33. The number of nitro groups is 1. The van der Waals surface area contributed by atoms with Crippen LogP contribution in [0.1, 0.15) is 33.1 Å². The molecule has 0 radical (unpaired) electrons. The largest absolute Gasteiger partial charge is 0.380 e. The molecule has 0 aliphatic carbocycles. The second-order valence-corrected chi connectivity index (χ2v) is 5.13.